The Morgan fingerprint density at radius 3 is 2.70 bits per heavy atom. The second kappa shape index (κ2) is 7.49. The molecule has 2 heterocycles. The minimum absolute atomic E-state index is 0.201. The van der Waals surface area contributed by atoms with Gasteiger partial charge in [-0.05, 0) is 77.5 Å². The van der Waals surface area contributed by atoms with Gasteiger partial charge < -0.3 is 5.32 Å². The molecule has 3 aromatic carbocycles. The lowest BCUT2D eigenvalue weighted by Gasteiger charge is -2.07. The zero-order valence-electron chi connectivity index (χ0n) is 16.0. The SMILES string of the molecule is Cc1ccc2nc(-c3ccc(NC(=O)c4cccc(-n5cnnn5)c4)cc3)sc2c1. The minimum Gasteiger partial charge on any atom is -0.322 e. The van der Waals surface area contributed by atoms with E-state index < -0.39 is 0 Å². The number of aryl methyl sites for hydroxylation is 1. The number of rotatable bonds is 4. The van der Waals surface area contributed by atoms with Gasteiger partial charge in [0.1, 0.15) is 11.3 Å². The van der Waals surface area contributed by atoms with Crippen molar-refractivity contribution in [3.63, 3.8) is 0 Å². The standard InChI is InChI=1S/C22H16N6OS/c1-14-5-10-19-20(11-14)30-22(25-19)15-6-8-17(9-7-15)24-21(29)16-3-2-4-18(12-16)28-13-23-26-27-28/h2-13H,1H3,(H,24,29). The molecule has 7 nitrogen and oxygen atoms in total. The van der Waals surface area contributed by atoms with Crippen molar-refractivity contribution in [2.75, 3.05) is 5.32 Å². The summed E-state index contributed by atoms with van der Waals surface area (Å²) >= 11 is 1.66. The molecule has 30 heavy (non-hydrogen) atoms. The smallest absolute Gasteiger partial charge is 0.255 e. The fraction of sp³-hybridized carbons (Fsp3) is 0.0455. The summed E-state index contributed by atoms with van der Waals surface area (Å²) < 4.78 is 2.68. The van der Waals surface area contributed by atoms with E-state index in [2.05, 4.69) is 39.9 Å². The fourth-order valence-corrected chi connectivity index (χ4v) is 4.19. The van der Waals surface area contributed by atoms with Gasteiger partial charge in [-0.2, -0.15) is 0 Å². The average Bonchev–Trinajstić information content (AvgIpc) is 3.44. The normalized spacial score (nSPS) is 11.0. The van der Waals surface area contributed by atoms with Gasteiger partial charge in [0.15, 0.2) is 0 Å². The van der Waals surface area contributed by atoms with Gasteiger partial charge >= 0.3 is 0 Å². The fourth-order valence-electron chi connectivity index (χ4n) is 3.12. The van der Waals surface area contributed by atoms with Crippen LogP contribution in [0, 0.1) is 6.92 Å². The summed E-state index contributed by atoms with van der Waals surface area (Å²) in [6.07, 6.45) is 1.49. The Morgan fingerprint density at radius 2 is 1.90 bits per heavy atom. The average molecular weight is 412 g/mol. The number of nitrogens with one attached hydrogen (secondary N) is 1. The first-order valence-corrected chi connectivity index (χ1v) is 10.1. The molecular formula is C22H16N6OS. The molecular weight excluding hydrogens is 396 g/mol. The third-order valence-electron chi connectivity index (χ3n) is 4.66. The second-order valence-corrected chi connectivity index (χ2v) is 7.86. The van der Waals surface area contributed by atoms with Crippen molar-refractivity contribution in [3.05, 3.63) is 84.2 Å². The lowest BCUT2D eigenvalue weighted by atomic mass is 10.1. The van der Waals surface area contributed by atoms with Crippen molar-refractivity contribution >= 4 is 33.1 Å². The number of tetrazole rings is 1. The van der Waals surface area contributed by atoms with E-state index in [0.717, 1.165) is 16.1 Å². The second-order valence-electron chi connectivity index (χ2n) is 6.83. The number of hydrogen-bond donors (Lipinski definition) is 1. The van der Waals surface area contributed by atoms with E-state index >= 15 is 0 Å². The molecule has 0 saturated heterocycles. The first-order valence-electron chi connectivity index (χ1n) is 9.28. The summed E-state index contributed by atoms with van der Waals surface area (Å²) in [4.78, 5) is 17.4. The maximum atomic E-state index is 12.7. The lowest BCUT2D eigenvalue weighted by Crippen LogP contribution is -2.12. The Balaban J connectivity index is 1.34. The summed E-state index contributed by atoms with van der Waals surface area (Å²) in [5.41, 5.74) is 5.20. The van der Waals surface area contributed by atoms with Crippen LogP contribution in [0.25, 0.3) is 26.5 Å². The highest BCUT2D eigenvalue weighted by atomic mass is 32.1. The van der Waals surface area contributed by atoms with E-state index in [1.165, 1.54) is 21.3 Å². The Bertz CT molecular complexity index is 1340. The third-order valence-corrected chi connectivity index (χ3v) is 5.72. The van der Waals surface area contributed by atoms with Crippen LogP contribution in [0.2, 0.25) is 0 Å². The number of nitrogens with zero attached hydrogens (tertiary/aromatic N) is 5. The highest BCUT2D eigenvalue weighted by Crippen LogP contribution is 2.31. The monoisotopic (exact) mass is 412 g/mol. The Morgan fingerprint density at radius 1 is 1.03 bits per heavy atom. The molecule has 0 saturated carbocycles. The number of carbonyl (C=O) groups excluding carboxylic acids is 1. The van der Waals surface area contributed by atoms with Crippen LogP contribution in [0.5, 0.6) is 0 Å². The third kappa shape index (κ3) is 3.56. The number of hydrogen-bond acceptors (Lipinski definition) is 6. The van der Waals surface area contributed by atoms with Gasteiger partial charge in [0.2, 0.25) is 0 Å². The van der Waals surface area contributed by atoms with Gasteiger partial charge in [-0.25, -0.2) is 9.67 Å². The van der Waals surface area contributed by atoms with Crippen LogP contribution in [0.4, 0.5) is 5.69 Å². The molecule has 5 rings (SSSR count). The predicted molar refractivity (Wildman–Crippen MR) is 117 cm³/mol. The van der Waals surface area contributed by atoms with Crippen LogP contribution < -0.4 is 5.32 Å². The highest BCUT2D eigenvalue weighted by molar-refractivity contribution is 7.21. The largest absolute Gasteiger partial charge is 0.322 e. The van der Waals surface area contributed by atoms with Crippen molar-refractivity contribution in [2.45, 2.75) is 6.92 Å². The molecule has 146 valence electrons. The Hall–Kier alpha value is -3.91. The van der Waals surface area contributed by atoms with Crippen LogP contribution in [0.3, 0.4) is 0 Å². The predicted octanol–water partition coefficient (Wildman–Crippen LogP) is 4.50. The summed E-state index contributed by atoms with van der Waals surface area (Å²) in [6.45, 7) is 2.08. The maximum Gasteiger partial charge on any atom is 0.255 e. The molecule has 8 heteroatoms. The van der Waals surface area contributed by atoms with E-state index in [4.69, 9.17) is 4.98 Å². The van der Waals surface area contributed by atoms with Gasteiger partial charge in [-0.1, -0.05) is 12.1 Å². The van der Waals surface area contributed by atoms with Crippen molar-refractivity contribution < 1.29 is 4.79 Å². The summed E-state index contributed by atoms with van der Waals surface area (Å²) in [6, 6.07) is 21.1. The molecule has 0 fully saturated rings. The highest BCUT2D eigenvalue weighted by Gasteiger charge is 2.10. The zero-order valence-corrected chi connectivity index (χ0v) is 16.8. The van der Waals surface area contributed by atoms with Crippen LogP contribution in [-0.2, 0) is 0 Å². The van der Waals surface area contributed by atoms with Crippen molar-refractivity contribution in [3.8, 4) is 16.3 Å². The van der Waals surface area contributed by atoms with Crippen LogP contribution in [0.1, 0.15) is 15.9 Å². The lowest BCUT2D eigenvalue weighted by molar-refractivity contribution is 0.102. The first kappa shape index (κ1) is 18.1. The molecule has 2 aromatic heterocycles. The molecule has 0 aliphatic rings. The van der Waals surface area contributed by atoms with Crippen molar-refractivity contribution in [2.24, 2.45) is 0 Å². The molecule has 1 N–H and O–H groups in total. The molecule has 1 amide bonds. The van der Waals surface area contributed by atoms with E-state index in [1.54, 1.807) is 29.5 Å². The molecule has 0 bridgehead atoms. The molecule has 5 aromatic rings. The zero-order chi connectivity index (χ0) is 20.5. The van der Waals surface area contributed by atoms with Gasteiger partial charge in [0.05, 0.1) is 15.9 Å². The molecule has 0 atom stereocenters. The number of anilines is 1. The number of aromatic nitrogens is 5. The molecule has 0 aliphatic carbocycles. The Kier molecular flexibility index (Phi) is 4.53. The van der Waals surface area contributed by atoms with E-state index in [0.29, 0.717) is 16.9 Å². The van der Waals surface area contributed by atoms with Gasteiger partial charge in [-0.15, -0.1) is 16.4 Å². The number of thiazole rings is 1. The quantitative estimate of drug-likeness (QED) is 0.470. The summed E-state index contributed by atoms with van der Waals surface area (Å²) in [5.74, 6) is -0.201. The van der Waals surface area contributed by atoms with Crippen LogP contribution in [-0.4, -0.2) is 31.1 Å². The maximum absolute atomic E-state index is 12.7. The molecule has 0 radical (unpaired) electrons. The number of benzene rings is 3. The van der Waals surface area contributed by atoms with Crippen molar-refractivity contribution in [1.29, 1.82) is 0 Å². The summed E-state index contributed by atoms with van der Waals surface area (Å²) in [7, 11) is 0. The molecule has 0 unspecified atom stereocenters. The number of amides is 1. The topological polar surface area (TPSA) is 85.6 Å². The van der Waals surface area contributed by atoms with Crippen LogP contribution in [0.15, 0.2) is 73.1 Å². The molecule has 0 spiro atoms. The van der Waals surface area contributed by atoms with Gasteiger partial charge in [-0.3, -0.25) is 4.79 Å². The van der Waals surface area contributed by atoms with E-state index in [9.17, 15) is 4.79 Å². The molecule has 0 aliphatic heterocycles. The number of fused-ring (bicyclic) bond motifs is 1. The van der Waals surface area contributed by atoms with E-state index in [1.807, 2.05) is 36.4 Å². The number of carbonyl (C=O) groups is 1. The van der Waals surface area contributed by atoms with Gasteiger partial charge in [0.25, 0.3) is 5.91 Å². The minimum atomic E-state index is -0.201. The Labute approximate surface area is 176 Å². The van der Waals surface area contributed by atoms with Crippen molar-refractivity contribution in [1.82, 2.24) is 25.2 Å². The van der Waals surface area contributed by atoms with E-state index in [-0.39, 0.29) is 5.91 Å². The summed E-state index contributed by atoms with van der Waals surface area (Å²) in [5, 5.41) is 15.0. The van der Waals surface area contributed by atoms with Gasteiger partial charge in [0, 0.05) is 16.8 Å². The van der Waals surface area contributed by atoms with Crippen LogP contribution >= 0.6 is 11.3 Å². The first-order chi connectivity index (χ1) is 14.7.